The Bertz CT molecular complexity index is 695. The molecule has 27 heavy (non-hydrogen) atoms. The van der Waals surface area contributed by atoms with Gasteiger partial charge in [-0.25, -0.2) is 0 Å². The maximum absolute atomic E-state index is 11.4. The monoisotopic (exact) mass is 397 g/mol. The number of amides is 1. The molecule has 1 amide bonds. The third-order valence-electron chi connectivity index (χ3n) is 5.08. The van der Waals surface area contributed by atoms with Gasteiger partial charge in [0.1, 0.15) is 5.75 Å². The Labute approximate surface area is 165 Å². The van der Waals surface area contributed by atoms with Crippen LogP contribution in [0.15, 0.2) is 12.1 Å². The SMILES string of the molecule is CC(C)(C)N1CCC(CCCOc2cc(C(N)=O)cc([N+](=O)[O-])c2Cl)CC1. The average molecular weight is 398 g/mol. The number of nitrogens with zero attached hydrogens (tertiary/aromatic N) is 2. The summed E-state index contributed by atoms with van der Waals surface area (Å²) in [5.41, 5.74) is 5.08. The molecule has 2 rings (SSSR count). The maximum Gasteiger partial charge on any atom is 0.292 e. The summed E-state index contributed by atoms with van der Waals surface area (Å²) in [5, 5.41) is 11.0. The fourth-order valence-corrected chi connectivity index (χ4v) is 3.64. The molecule has 0 radical (unpaired) electrons. The molecule has 1 aromatic rings. The first-order chi connectivity index (χ1) is 12.6. The molecule has 1 aliphatic heterocycles. The first-order valence-corrected chi connectivity index (χ1v) is 9.63. The number of hydrogen-bond acceptors (Lipinski definition) is 5. The molecule has 1 aliphatic rings. The fraction of sp³-hybridized carbons (Fsp3) is 0.632. The highest BCUT2D eigenvalue weighted by Crippen LogP contribution is 2.35. The van der Waals surface area contributed by atoms with Crippen LogP contribution in [0, 0.1) is 16.0 Å². The number of ether oxygens (including phenoxy) is 1. The molecule has 0 atom stereocenters. The second-order valence-electron chi connectivity index (χ2n) is 8.02. The molecule has 2 N–H and O–H groups in total. The summed E-state index contributed by atoms with van der Waals surface area (Å²) in [6.07, 6.45) is 4.19. The molecule has 1 heterocycles. The lowest BCUT2D eigenvalue weighted by molar-refractivity contribution is -0.384. The zero-order valence-corrected chi connectivity index (χ0v) is 16.9. The molecule has 0 spiro atoms. The number of carbonyl (C=O) groups excluding carboxylic acids is 1. The average Bonchev–Trinajstić information content (AvgIpc) is 2.59. The Kier molecular flexibility index (Phi) is 7.06. The molecular formula is C19H28ClN3O4. The van der Waals surface area contributed by atoms with Gasteiger partial charge in [0, 0.05) is 17.2 Å². The van der Waals surface area contributed by atoms with Crippen molar-refractivity contribution in [2.24, 2.45) is 11.7 Å². The predicted molar refractivity (Wildman–Crippen MR) is 105 cm³/mol. The van der Waals surface area contributed by atoms with Crippen LogP contribution in [0.2, 0.25) is 5.02 Å². The molecule has 0 aromatic heterocycles. The van der Waals surface area contributed by atoms with Crippen LogP contribution in [0.5, 0.6) is 5.75 Å². The summed E-state index contributed by atoms with van der Waals surface area (Å²) in [6.45, 7) is 9.32. The molecule has 0 bridgehead atoms. The summed E-state index contributed by atoms with van der Waals surface area (Å²) in [5.74, 6) is 0.0291. The Morgan fingerprint density at radius 1 is 1.37 bits per heavy atom. The van der Waals surface area contributed by atoms with Crippen LogP contribution in [-0.4, -0.2) is 41.0 Å². The molecule has 1 aromatic carbocycles. The van der Waals surface area contributed by atoms with Crippen LogP contribution in [-0.2, 0) is 0 Å². The van der Waals surface area contributed by atoms with Gasteiger partial charge in [-0.3, -0.25) is 19.8 Å². The normalized spacial score (nSPS) is 16.3. The highest BCUT2D eigenvalue weighted by Gasteiger charge is 2.26. The topological polar surface area (TPSA) is 98.7 Å². The lowest BCUT2D eigenvalue weighted by Crippen LogP contribution is -2.46. The second kappa shape index (κ2) is 8.89. The van der Waals surface area contributed by atoms with Crippen molar-refractivity contribution in [2.45, 2.75) is 52.0 Å². The summed E-state index contributed by atoms with van der Waals surface area (Å²) in [6, 6.07) is 2.43. The molecule has 0 saturated carbocycles. The highest BCUT2D eigenvalue weighted by molar-refractivity contribution is 6.34. The van der Waals surface area contributed by atoms with Crippen LogP contribution < -0.4 is 10.5 Å². The lowest BCUT2D eigenvalue weighted by Gasteiger charge is -2.41. The fourth-order valence-electron chi connectivity index (χ4n) is 3.41. The number of nitrogens with two attached hydrogens (primary N) is 1. The van der Waals surface area contributed by atoms with Gasteiger partial charge < -0.3 is 10.5 Å². The number of nitro benzene ring substituents is 1. The number of halogens is 1. The molecule has 0 unspecified atom stereocenters. The minimum atomic E-state index is -0.759. The third-order valence-corrected chi connectivity index (χ3v) is 5.46. The molecule has 8 heteroatoms. The van der Waals surface area contributed by atoms with E-state index < -0.39 is 10.8 Å². The lowest BCUT2D eigenvalue weighted by atomic mass is 9.90. The van der Waals surface area contributed by atoms with Gasteiger partial charge in [-0.15, -0.1) is 0 Å². The number of nitro groups is 1. The van der Waals surface area contributed by atoms with Gasteiger partial charge in [-0.1, -0.05) is 11.6 Å². The van der Waals surface area contributed by atoms with Crippen molar-refractivity contribution < 1.29 is 14.5 Å². The number of piperidine rings is 1. The van der Waals surface area contributed by atoms with Gasteiger partial charge in [0.05, 0.1) is 11.5 Å². The van der Waals surface area contributed by atoms with Crippen molar-refractivity contribution in [1.82, 2.24) is 4.90 Å². The summed E-state index contributed by atoms with van der Waals surface area (Å²) in [7, 11) is 0. The summed E-state index contributed by atoms with van der Waals surface area (Å²) < 4.78 is 5.63. The Morgan fingerprint density at radius 3 is 2.52 bits per heavy atom. The van der Waals surface area contributed by atoms with Crippen LogP contribution >= 0.6 is 11.6 Å². The number of carbonyl (C=O) groups is 1. The molecule has 7 nitrogen and oxygen atoms in total. The van der Waals surface area contributed by atoms with Crippen LogP contribution in [0.4, 0.5) is 5.69 Å². The van der Waals surface area contributed by atoms with E-state index in [-0.39, 0.29) is 27.6 Å². The first kappa shape index (κ1) is 21.4. The van der Waals surface area contributed by atoms with Crippen molar-refractivity contribution >= 4 is 23.2 Å². The van der Waals surface area contributed by atoms with Gasteiger partial charge in [0.2, 0.25) is 5.91 Å². The minimum Gasteiger partial charge on any atom is -0.492 e. The smallest absolute Gasteiger partial charge is 0.292 e. The number of primary amides is 1. The van der Waals surface area contributed by atoms with E-state index in [1.54, 1.807) is 0 Å². The van der Waals surface area contributed by atoms with Gasteiger partial charge in [-0.05, 0) is 71.5 Å². The zero-order valence-electron chi connectivity index (χ0n) is 16.2. The van der Waals surface area contributed by atoms with E-state index in [1.807, 2.05) is 0 Å². The van der Waals surface area contributed by atoms with E-state index in [0.717, 1.165) is 32.0 Å². The van der Waals surface area contributed by atoms with Gasteiger partial charge in [0.25, 0.3) is 5.69 Å². The molecule has 1 fully saturated rings. The van der Waals surface area contributed by atoms with E-state index in [2.05, 4.69) is 25.7 Å². The number of benzene rings is 1. The zero-order chi connectivity index (χ0) is 20.2. The standard InChI is InChI=1S/C19H28ClN3O4/c1-19(2,3)22-8-6-13(7-9-22)5-4-10-27-16-12-14(18(21)24)11-15(17(16)20)23(25)26/h11-13H,4-10H2,1-3H3,(H2,21,24). The van der Waals surface area contributed by atoms with Crippen molar-refractivity contribution in [1.29, 1.82) is 0 Å². The predicted octanol–water partition coefficient (Wildman–Crippen LogP) is 4.02. The Morgan fingerprint density at radius 2 is 2.00 bits per heavy atom. The van der Waals surface area contributed by atoms with Crippen LogP contribution in [0.3, 0.4) is 0 Å². The molecule has 150 valence electrons. The van der Waals surface area contributed by atoms with E-state index in [0.29, 0.717) is 12.5 Å². The van der Waals surface area contributed by atoms with Crippen LogP contribution in [0.25, 0.3) is 0 Å². The largest absolute Gasteiger partial charge is 0.492 e. The van der Waals surface area contributed by atoms with E-state index in [9.17, 15) is 14.9 Å². The van der Waals surface area contributed by atoms with Crippen molar-refractivity contribution in [3.8, 4) is 5.75 Å². The minimum absolute atomic E-state index is 0.00986. The third kappa shape index (κ3) is 5.81. The summed E-state index contributed by atoms with van der Waals surface area (Å²) in [4.78, 5) is 24.3. The van der Waals surface area contributed by atoms with E-state index in [4.69, 9.17) is 22.1 Å². The van der Waals surface area contributed by atoms with Gasteiger partial charge >= 0.3 is 0 Å². The maximum atomic E-state index is 11.4. The molecular weight excluding hydrogens is 370 g/mol. The van der Waals surface area contributed by atoms with Crippen molar-refractivity contribution in [3.63, 3.8) is 0 Å². The first-order valence-electron chi connectivity index (χ1n) is 9.25. The van der Waals surface area contributed by atoms with Gasteiger partial charge in [-0.2, -0.15) is 0 Å². The van der Waals surface area contributed by atoms with Crippen molar-refractivity contribution in [3.05, 3.63) is 32.8 Å². The number of hydrogen-bond donors (Lipinski definition) is 1. The number of likely N-dealkylation sites (tertiary alicyclic amines) is 1. The van der Waals surface area contributed by atoms with Crippen molar-refractivity contribution in [2.75, 3.05) is 19.7 Å². The van der Waals surface area contributed by atoms with E-state index >= 15 is 0 Å². The number of rotatable bonds is 7. The van der Waals surface area contributed by atoms with Gasteiger partial charge in [0.15, 0.2) is 5.02 Å². The quantitative estimate of drug-likeness (QED) is 0.425. The Balaban J connectivity index is 1.87. The van der Waals surface area contributed by atoms with Crippen LogP contribution in [0.1, 0.15) is 56.8 Å². The van der Waals surface area contributed by atoms with E-state index in [1.165, 1.54) is 18.9 Å². The summed E-state index contributed by atoms with van der Waals surface area (Å²) >= 11 is 6.04. The molecule has 1 saturated heterocycles. The highest BCUT2D eigenvalue weighted by atomic mass is 35.5. The molecule has 0 aliphatic carbocycles. The Hall–Kier alpha value is -1.86. The second-order valence-corrected chi connectivity index (χ2v) is 8.40.